The van der Waals surface area contributed by atoms with Crippen molar-refractivity contribution in [1.82, 2.24) is 14.8 Å². The number of ether oxygens (including phenoxy) is 1. The minimum atomic E-state index is -4.76. The van der Waals surface area contributed by atoms with Gasteiger partial charge in [0.25, 0.3) is 0 Å². The minimum absolute atomic E-state index is 0.0275. The van der Waals surface area contributed by atoms with Gasteiger partial charge in [0.2, 0.25) is 0 Å². The van der Waals surface area contributed by atoms with Crippen LogP contribution < -0.4 is 0 Å². The molecule has 0 aliphatic carbocycles. The summed E-state index contributed by atoms with van der Waals surface area (Å²) in [5.41, 5.74) is -1.70. The zero-order valence-corrected chi connectivity index (χ0v) is 12.3. The van der Waals surface area contributed by atoms with Crippen LogP contribution in [0.3, 0.4) is 0 Å². The van der Waals surface area contributed by atoms with E-state index in [1.54, 1.807) is 0 Å². The summed E-state index contributed by atoms with van der Waals surface area (Å²) < 4.78 is 45.4. The fourth-order valence-electron chi connectivity index (χ4n) is 1.70. The zero-order valence-electron chi connectivity index (χ0n) is 10.7. The maximum Gasteiger partial charge on any atom is 0.434 e. The van der Waals surface area contributed by atoms with Crippen molar-refractivity contribution in [2.45, 2.75) is 13.1 Å². The number of carbonyl (C=O) groups is 1. The topological polar surface area (TPSA) is 57.0 Å². The molecule has 0 aromatic carbocycles. The molecular formula is C12H9BrF3N3O2. The number of esters is 1. The molecule has 2 rings (SSSR count). The van der Waals surface area contributed by atoms with Crippen LogP contribution in [0.15, 0.2) is 29.1 Å². The van der Waals surface area contributed by atoms with Crippen molar-refractivity contribution in [2.24, 2.45) is 0 Å². The lowest BCUT2D eigenvalue weighted by atomic mass is 10.2. The number of carbonyl (C=O) groups excluding carboxylic acids is 1. The maximum atomic E-state index is 13.3. The van der Waals surface area contributed by atoms with Gasteiger partial charge in [0.1, 0.15) is 5.56 Å². The van der Waals surface area contributed by atoms with E-state index < -0.39 is 23.4 Å². The van der Waals surface area contributed by atoms with E-state index in [0.717, 1.165) is 6.20 Å². The van der Waals surface area contributed by atoms with Crippen molar-refractivity contribution in [2.75, 3.05) is 6.61 Å². The van der Waals surface area contributed by atoms with Crippen LogP contribution in [0.4, 0.5) is 13.2 Å². The van der Waals surface area contributed by atoms with Crippen LogP contribution in [-0.4, -0.2) is 27.3 Å². The van der Waals surface area contributed by atoms with Crippen LogP contribution in [-0.2, 0) is 10.9 Å². The van der Waals surface area contributed by atoms with Crippen molar-refractivity contribution in [3.05, 3.63) is 40.4 Å². The lowest BCUT2D eigenvalue weighted by Gasteiger charge is -2.13. The molecule has 0 N–H and O–H groups in total. The molecular weight excluding hydrogens is 355 g/mol. The van der Waals surface area contributed by atoms with Gasteiger partial charge in [-0.3, -0.25) is 4.98 Å². The molecule has 2 aromatic heterocycles. The van der Waals surface area contributed by atoms with Crippen molar-refractivity contribution in [1.29, 1.82) is 0 Å². The highest BCUT2D eigenvalue weighted by atomic mass is 79.9. The van der Waals surface area contributed by atoms with Gasteiger partial charge in [-0.2, -0.15) is 18.3 Å². The molecule has 0 unspecified atom stereocenters. The third-order valence-corrected chi connectivity index (χ3v) is 3.12. The number of alkyl halides is 3. The first-order chi connectivity index (χ1) is 9.86. The number of rotatable bonds is 3. The van der Waals surface area contributed by atoms with Crippen LogP contribution in [0.2, 0.25) is 0 Å². The highest BCUT2D eigenvalue weighted by molar-refractivity contribution is 9.10. The third-order valence-electron chi connectivity index (χ3n) is 2.51. The Kier molecular flexibility index (Phi) is 4.31. The highest BCUT2D eigenvalue weighted by Crippen LogP contribution is 2.35. The number of aromatic nitrogens is 3. The molecule has 112 valence electrons. The summed E-state index contributed by atoms with van der Waals surface area (Å²) in [6.45, 7) is 1.48. The standard InChI is InChI=1S/C12H9BrF3N3O2/c1-2-21-11(20)7-5-18-19(10(7)12(14,15)16)9-3-4-17-6-8(9)13/h3-6H,2H2,1H3. The first-order valence-electron chi connectivity index (χ1n) is 5.78. The molecule has 5 nitrogen and oxygen atoms in total. The SMILES string of the molecule is CCOC(=O)c1cnn(-c2ccncc2Br)c1C(F)(F)F. The number of halogens is 4. The predicted molar refractivity (Wildman–Crippen MR) is 70.0 cm³/mol. The van der Waals surface area contributed by atoms with Crippen LogP contribution in [0.25, 0.3) is 5.69 Å². The number of hydrogen-bond donors (Lipinski definition) is 0. The molecule has 9 heteroatoms. The molecule has 0 aliphatic heterocycles. The number of hydrogen-bond acceptors (Lipinski definition) is 4. The van der Waals surface area contributed by atoms with Crippen LogP contribution in [0.1, 0.15) is 23.0 Å². The van der Waals surface area contributed by atoms with Crippen molar-refractivity contribution in [3.8, 4) is 5.69 Å². The van der Waals surface area contributed by atoms with E-state index in [1.165, 1.54) is 25.4 Å². The summed E-state index contributed by atoms with van der Waals surface area (Å²) in [6, 6.07) is 1.35. The van der Waals surface area contributed by atoms with Gasteiger partial charge in [0, 0.05) is 12.4 Å². The summed E-state index contributed by atoms with van der Waals surface area (Å²) in [5.74, 6) is -1.07. The summed E-state index contributed by atoms with van der Waals surface area (Å²) in [5, 5.41) is 3.66. The largest absolute Gasteiger partial charge is 0.462 e. The third kappa shape index (κ3) is 3.07. The summed E-state index contributed by atoms with van der Waals surface area (Å²) in [6.07, 6.45) is -1.26. The number of nitrogens with zero attached hydrogens (tertiary/aromatic N) is 3. The molecule has 2 heterocycles. The van der Waals surface area contributed by atoms with E-state index in [1.807, 2.05) is 0 Å². The molecule has 0 spiro atoms. The maximum absolute atomic E-state index is 13.3. The Morgan fingerprint density at radius 2 is 2.14 bits per heavy atom. The van der Waals surface area contributed by atoms with Gasteiger partial charge in [-0.15, -0.1) is 0 Å². The van der Waals surface area contributed by atoms with Crippen molar-refractivity contribution in [3.63, 3.8) is 0 Å². The molecule has 0 atom stereocenters. The zero-order chi connectivity index (χ0) is 15.6. The first-order valence-corrected chi connectivity index (χ1v) is 6.57. The molecule has 0 saturated heterocycles. The average Bonchev–Trinajstić information content (AvgIpc) is 2.84. The molecule has 0 saturated carbocycles. The molecule has 2 aromatic rings. The molecule has 21 heavy (non-hydrogen) atoms. The Balaban J connectivity index is 2.64. The van der Waals surface area contributed by atoms with Gasteiger partial charge in [0.15, 0.2) is 5.69 Å². The Morgan fingerprint density at radius 3 is 2.71 bits per heavy atom. The lowest BCUT2D eigenvalue weighted by molar-refractivity contribution is -0.143. The Labute approximate surface area is 125 Å². The van der Waals surface area contributed by atoms with Crippen molar-refractivity contribution < 1.29 is 22.7 Å². The lowest BCUT2D eigenvalue weighted by Crippen LogP contribution is -2.18. The van der Waals surface area contributed by atoms with Crippen LogP contribution in [0.5, 0.6) is 0 Å². The van der Waals surface area contributed by atoms with E-state index in [0.29, 0.717) is 9.15 Å². The second kappa shape index (κ2) is 5.84. The van der Waals surface area contributed by atoms with Crippen LogP contribution in [0, 0.1) is 0 Å². The fourth-order valence-corrected chi connectivity index (χ4v) is 2.12. The van der Waals surface area contributed by atoms with E-state index in [2.05, 4.69) is 30.7 Å². The minimum Gasteiger partial charge on any atom is -0.462 e. The van der Waals surface area contributed by atoms with Gasteiger partial charge < -0.3 is 4.74 Å². The van der Waals surface area contributed by atoms with Gasteiger partial charge in [-0.1, -0.05) is 0 Å². The average molecular weight is 364 g/mol. The van der Waals surface area contributed by atoms with Crippen molar-refractivity contribution >= 4 is 21.9 Å². The predicted octanol–water partition coefficient (Wildman–Crippen LogP) is 3.23. The summed E-state index contributed by atoms with van der Waals surface area (Å²) >= 11 is 3.10. The fraction of sp³-hybridized carbons (Fsp3) is 0.250. The highest BCUT2D eigenvalue weighted by Gasteiger charge is 2.41. The summed E-state index contributed by atoms with van der Waals surface area (Å²) in [7, 11) is 0. The van der Waals surface area contributed by atoms with Gasteiger partial charge >= 0.3 is 12.1 Å². The monoisotopic (exact) mass is 363 g/mol. The van der Waals surface area contributed by atoms with Crippen LogP contribution >= 0.6 is 15.9 Å². The molecule has 0 fully saturated rings. The van der Waals surface area contributed by atoms with E-state index in [-0.39, 0.29) is 12.3 Å². The molecule has 0 bridgehead atoms. The number of pyridine rings is 1. The van der Waals surface area contributed by atoms with E-state index in [9.17, 15) is 18.0 Å². The molecule has 0 aliphatic rings. The normalized spacial score (nSPS) is 11.5. The smallest absolute Gasteiger partial charge is 0.434 e. The second-order valence-corrected chi connectivity index (χ2v) is 4.72. The van der Waals surface area contributed by atoms with Gasteiger partial charge in [-0.05, 0) is 28.9 Å². The molecule has 0 amide bonds. The van der Waals surface area contributed by atoms with E-state index >= 15 is 0 Å². The quantitative estimate of drug-likeness (QED) is 0.785. The Hall–Kier alpha value is -1.90. The molecule has 0 radical (unpaired) electrons. The Morgan fingerprint density at radius 1 is 1.43 bits per heavy atom. The Bertz CT molecular complexity index is 670. The second-order valence-electron chi connectivity index (χ2n) is 3.86. The van der Waals surface area contributed by atoms with Gasteiger partial charge in [-0.25, -0.2) is 9.48 Å². The van der Waals surface area contributed by atoms with E-state index in [4.69, 9.17) is 0 Å². The first kappa shape index (κ1) is 15.5. The van der Waals surface area contributed by atoms with Gasteiger partial charge in [0.05, 0.1) is 23.0 Å². The summed E-state index contributed by atoms with van der Waals surface area (Å²) in [4.78, 5) is 15.4.